The van der Waals surface area contributed by atoms with E-state index >= 15 is 0 Å². The van der Waals surface area contributed by atoms with Gasteiger partial charge in [-0.25, -0.2) is 15.0 Å². The Hall–Kier alpha value is -11.3. The first kappa shape index (κ1) is 45.8. The molecule has 76 heavy (non-hydrogen) atoms. The second kappa shape index (κ2) is 19.4. The third kappa shape index (κ3) is 8.00. The number of hydrogen-bond acceptors (Lipinski definition) is 8. The number of rotatable bonds is 10. The van der Waals surface area contributed by atoms with Crippen LogP contribution in [0.5, 0.6) is 0 Å². The fourth-order valence-electron chi connectivity index (χ4n) is 10.2. The van der Waals surface area contributed by atoms with Gasteiger partial charge in [0.2, 0.25) is 0 Å². The second-order valence-electron chi connectivity index (χ2n) is 17.9. The molecule has 0 aliphatic rings. The maximum atomic E-state index is 10.2. The highest BCUT2D eigenvalue weighted by molar-refractivity contribution is 6.13. The van der Waals surface area contributed by atoms with Crippen molar-refractivity contribution in [1.29, 1.82) is 21.0 Å². The molecule has 0 saturated heterocycles. The van der Waals surface area contributed by atoms with E-state index in [1.165, 1.54) is 0 Å². The van der Waals surface area contributed by atoms with Gasteiger partial charge in [-0.15, -0.1) is 0 Å². The van der Waals surface area contributed by atoms with Gasteiger partial charge in [0.25, 0.3) is 0 Å². The molecule has 0 fully saturated rings. The molecule has 0 spiro atoms. The molecule has 0 aliphatic heterocycles. The summed E-state index contributed by atoms with van der Waals surface area (Å²) < 4.78 is 4.55. The normalized spacial score (nSPS) is 11.3. The quantitative estimate of drug-likeness (QED) is 0.123. The molecular weight excluding hydrogens is 933 g/mol. The predicted molar refractivity (Wildman–Crippen MR) is 301 cm³/mol. The Bertz CT molecular complexity index is 4600. The van der Waals surface area contributed by atoms with E-state index in [9.17, 15) is 21.0 Å². The van der Waals surface area contributed by atoms with Gasteiger partial charge >= 0.3 is 0 Å². The standard InChI is InChI=1S/C66H38N10/c1-2-3-4-8-19-64-72-65(44-13-6-5-7-14-44)74-66(73-64)47-22-27-54(63(36-47)76-59-18-12-10-16-53(59)56-35-46(24-29-61(56)76)51-26-21-43(38-68)33-49(51)40-70)57-41-71-31-30-62(57)75-58-17-11-9-15-52(58)55-34-45(23-28-60(55)75)50-25-20-42(37-67)32-48(50)39-69/h2-36,41H,1H2/b4-3-,19-8+. The number of hydrogen-bond donors (Lipinski definition) is 0. The van der Waals surface area contributed by atoms with Gasteiger partial charge in [-0.05, 0) is 101 Å². The summed E-state index contributed by atoms with van der Waals surface area (Å²) in [6, 6.07) is 66.7. The van der Waals surface area contributed by atoms with Crippen LogP contribution in [-0.2, 0) is 0 Å². The van der Waals surface area contributed by atoms with Crippen molar-refractivity contribution in [1.82, 2.24) is 29.1 Å². The predicted octanol–water partition coefficient (Wildman–Crippen LogP) is 15.0. The molecule has 10 nitrogen and oxygen atoms in total. The van der Waals surface area contributed by atoms with Crippen molar-refractivity contribution in [3.8, 4) is 91.8 Å². The summed E-state index contributed by atoms with van der Waals surface area (Å²) in [6.45, 7) is 3.80. The number of pyridine rings is 1. The lowest BCUT2D eigenvalue weighted by Crippen LogP contribution is -2.04. The van der Waals surface area contributed by atoms with Crippen LogP contribution in [0.1, 0.15) is 28.1 Å². The van der Waals surface area contributed by atoms with Crippen LogP contribution in [0.3, 0.4) is 0 Å². The van der Waals surface area contributed by atoms with Gasteiger partial charge in [0, 0.05) is 56.2 Å². The Morgan fingerprint density at radius 1 is 0.408 bits per heavy atom. The third-order valence-electron chi connectivity index (χ3n) is 13.6. The van der Waals surface area contributed by atoms with E-state index in [4.69, 9.17) is 19.9 Å². The van der Waals surface area contributed by atoms with E-state index in [1.54, 1.807) is 30.3 Å². The van der Waals surface area contributed by atoms with Crippen molar-refractivity contribution >= 4 is 49.7 Å². The molecule has 10 heteroatoms. The van der Waals surface area contributed by atoms with Crippen molar-refractivity contribution in [2.45, 2.75) is 0 Å². The zero-order valence-corrected chi connectivity index (χ0v) is 40.5. The minimum Gasteiger partial charge on any atom is -0.309 e. The van der Waals surface area contributed by atoms with Crippen LogP contribution in [0.15, 0.2) is 219 Å². The SMILES string of the molecule is C=C/C=C\C=C\c1nc(-c2ccccc2)nc(-c2ccc(-c3cnccc3-n3c4ccccc4c4cc(-c5ccc(C#N)cc5C#N)ccc43)c(-n3c4ccccc4c4cc(-c5ccc(C#N)cc5C#N)ccc43)c2)n1. The van der Waals surface area contributed by atoms with Crippen molar-refractivity contribution in [2.24, 2.45) is 0 Å². The number of aromatic nitrogens is 6. The lowest BCUT2D eigenvalue weighted by atomic mass is 9.97. The Morgan fingerprint density at radius 3 is 1.54 bits per heavy atom. The van der Waals surface area contributed by atoms with Crippen LogP contribution in [0.25, 0.3) is 117 Å². The molecule has 0 unspecified atom stereocenters. The first-order valence-corrected chi connectivity index (χ1v) is 24.3. The largest absolute Gasteiger partial charge is 0.309 e. The van der Waals surface area contributed by atoms with Gasteiger partial charge in [0.15, 0.2) is 17.5 Å². The van der Waals surface area contributed by atoms with Crippen LogP contribution in [0.4, 0.5) is 0 Å². The Balaban J connectivity index is 1.12. The van der Waals surface area contributed by atoms with Crippen LogP contribution in [-0.4, -0.2) is 29.1 Å². The van der Waals surface area contributed by atoms with Crippen molar-refractivity contribution in [3.05, 3.63) is 247 Å². The molecule has 0 bridgehead atoms. The fraction of sp³-hybridized carbons (Fsp3) is 0. The van der Waals surface area contributed by atoms with Gasteiger partial charge in [-0.3, -0.25) is 4.98 Å². The summed E-state index contributed by atoms with van der Waals surface area (Å²) >= 11 is 0. The first-order valence-electron chi connectivity index (χ1n) is 24.3. The highest BCUT2D eigenvalue weighted by atomic mass is 15.0. The lowest BCUT2D eigenvalue weighted by Gasteiger charge is -2.19. The minimum atomic E-state index is 0.418. The number of para-hydroxylation sites is 2. The molecule has 0 amide bonds. The number of nitrogens with zero attached hydrogens (tertiary/aromatic N) is 10. The summed E-state index contributed by atoms with van der Waals surface area (Å²) in [7, 11) is 0. The summed E-state index contributed by atoms with van der Waals surface area (Å²) in [5, 5.41) is 43.7. The molecule has 12 rings (SSSR count). The maximum Gasteiger partial charge on any atom is 0.164 e. The van der Waals surface area contributed by atoms with Crippen LogP contribution in [0.2, 0.25) is 0 Å². The highest BCUT2D eigenvalue weighted by Crippen LogP contribution is 2.43. The van der Waals surface area contributed by atoms with Gasteiger partial charge < -0.3 is 9.13 Å². The molecular formula is C66H38N10. The van der Waals surface area contributed by atoms with E-state index in [1.807, 2.05) is 128 Å². The molecule has 4 heterocycles. The van der Waals surface area contributed by atoms with Gasteiger partial charge in [0.1, 0.15) is 0 Å². The summed E-state index contributed by atoms with van der Waals surface area (Å²) in [5.41, 5.74) is 13.7. The molecule has 12 aromatic rings. The van der Waals surface area contributed by atoms with Crippen LogP contribution in [0, 0.1) is 45.3 Å². The smallest absolute Gasteiger partial charge is 0.164 e. The zero-order chi connectivity index (χ0) is 51.7. The number of nitriles is 4. The van der Waals surface area contributed by atoms with Crippen molar-refractivity contribution in [3.63, 3.8) is 0 Å². The number of fused-ring (bicyclic) bond motifs is 6. The Morgan fingerprint density at radius 2 is 0.947 bits per heavy atom. The average Bonchev–Trinajstić information content (AvgIpc) is 4.13. The first-order chi connectivity index (χ1) is 37.5. The Kier molecular flexibility index (Phi) is 11.7. The van der Waals surface area contributed by atoms with Gasteiger partial charge in [0.05, 0.1) is 80.0 Å². The highest BCUT2D eigenvalue weighted by Gasteiger charge is 2.23. The third-order valence-corrected chi connectivity index (χ3v) is 13.6. The Labute approximate surface area is 436 Å². The van der Waals surface area contributed by atoms with Gasteiger partial charge in [-0.1, -0.05) is 134 Å². The minimum absolute atomic E-state index is 0.418. The summed E-state index contributed by atoms with van der Waals surface area (Å²) in [4.78, 5) is 19.9. The summed E-state index contributed by atoms with van der Waals surface area (Å²) in [6.07, 6.45) is 12.9. The van der Waals surface area contributed by atoms with Crippen LogP contribution < -0.4 is 0 Å². The van der Waals surface area contributed by atoms with Crippen LogP contribution >= 0.6 is 0 Å². The van der Waals surface area contributed by atoms with E-state index in [0.29, 0.717) is 39.7 Å². The van der Waals surface area contributed by atoms with E-state index < -0.39 is 0 Å². The second-order valence-corrected chi connectivity index (χ2v) is 17.9. The molecule has 0 saturated carbocycles. The number of benzene rings is 8. The van der Waals surface area contributed by atoms with E-state index in [-0.39, 0.29) is 0 Å². The zero-order valence-electron chi connectivity index (χ0n) is 40.5. The van der Waals surface area contributed by atoms with E-state index in [2.05, 4.69) is 101 Å². The lowest BCUT2D eigenvalue weighted by molar-refractivity contribution is 1.04. The maximum absolute atomic E-state index is 10.2. The summed E-state index contributed by atoms with van der Waals surface area (Å²) in [5.74, 6) is 1.49. The molecule has 0 radical (unpaired) electrons. The monoisotopic (exact) mass is 970 g/mol. The molecule has 0 aliphatic carbocycles. The molecule has 0 atom stereocenters. The van der Waals surface area contributed by atoms with Crippen molar-refractivity contribution in [2.75, 3.05) is 0 Å². The number of allylic oxidation sites excluding steroid dienone is 4. The average molecular weight is 971 g/mol. The van der Waals surface area contributed by atoms with E-state index in [0.717, 1.165) is 99.5 Å². The fourth-order valence-corrected chi connectivity index (χ4v) is 10.2. The molecule has 8 aromatic carbocycles. The molecule has 4 aromatic heterocycles. The molecule has 0 N–H and O–H groups in total. The van der Waals surface area contributed by atoms with Crippen molar-refractivity contribution < 1.29 is 0 Å². The topological polar surface area (TPSA) is 157 Å². The molecule has 352 valence electrons. The van der Waals surface area contributed by atoms with Gasteiger partial charge in [-0.2, -0.15) is 21.0 Å².